The van der Waals surface area contributed by atoms with Crippen LogP contribution in [0, 0.1) is 6.92 Å². The van der Waals surface area contributed by atoms with Crippen molar-refractivity contribution in [3.63, 3.8) is 0 Å². The molecule has 1 atom stereocenters. The number of carbonyl (C=O) groups is 1. The Hall–Kier alpha value is -2.32. The number of fused-ring (bicyclic) bond motifs is 1. The molecule has 3 rings (SSSR count). The maximum Gasteiger partial charge on any atom is 0.341 e. The van der Waals surface area contributed by atoms with Gasteiger partial charge < -0.3 is 24.8 Å². The highest BCUT2D eigenvalue weighted by atomic mass is 32.1. The number of anilines is 1. The van der Waals surface area contributed by atoms with E-state index in [9.17, 15) is 4.79 Å². The lowest BCUT2D eigenvalue weighted by molar-refractivity contribution is 0.0601. The largest absolute Gasteiger partial charge is 0.465 e. The Labute approximate surface area is 167 Å². The van der Waals surface area contributed by atoms with Crippen LogP contribution in [0.5, 0.6) is 11.5 Å². The van der Waals surface area contributed by atoms with Crippen molar-refractivity contribution < 1.29 is 19.0 Å². The lowest BCUT2D eigenvalue weighted by Crippen LogP contribution is -2.31. The number of thiocarbonyl (C=S) groups is 1. The molecule has 1 aliphatic rings. The van der Waals surface area contributed by atoms with E-state index in [1.54, 1.807) is 0 Å². The lowest BCUT2D eigenvalue weighted by atomic mass is 10.1. The number of nitrogens with one attached hydrogen (secondary N) is 2. The average Bonchev–Trinajstić information content (AvgIpc) is 3.23. The van der Waals surface area contributed by atoms with E-state index < -0.39 is 0 Å². The van der Waals surface area contributed by atoms with Crippen molar-refractivity contribution in [2.45, 2.75) is 33.2 Å². The second-order valence-corrected chi connectivity index (χ2v) is 7.75. The first-order valence-electron chi connectivity index (χ1n) is 8.62. The monoisotopic (exact) mass is 406 g/mol. The number of esters is 1. The minimum absolute atomic E-state index is 0.0484. The predicted molar refractivity (Wildman–Crippen MR) is 110 cm³/mol. The van der Waals surface area contributed by atoms with Gasteiger partial charge in [-0.2, -0.15) is 0 Å². The Balaban J connectivity index is 1.73. The van der Waals surface area contributed by atoms with Gasteiger partial charge in [0.05, 0.1) is 18.7 Å². The molecule has 1 aromatic heterocycles. The van der Waals surface area contributed by atoms with Crippen molar-refractivity contribution in [3.05, 3.63) is 39.8 Å². The fraction of sp³-hybridized carbons (Fsp3) is 0.368. The van der Waals surface area contributed by atoms with Crippen LogP contribution in [0.1, 0.15) is 46.3 Å². The van der Waals surface area contributed by atoms with Crippen molar-refractivity contribution in [2.24, 2.45) is 0 Å². The van der Waals surface area contributed by atoms with Gasteiger partial charge in [-0.05, 0) is 55.7 Å². The Kier molecular flexibility index (Phi) is 5.86. The standard InChI is InChI=1S/C19H22N2O4S2/c1-5-13-11(3)27-17(16(13)18(22)23-4)21-19(26)20-10(2)12-6-7-14-15(8-12)25-9-24-14/h6-8,10H,5,9H2,1-4H3,(H2,20,21,26). The number of thiophene rings is 1. The highest BCUT2D eigenvalue weighted by Gasteiger charge is 2.23. The van der Waals surface area contributed by atoms with Crippen LogP contribution < -0.4 is 20.1 Å². The molecular weight excluding hydrogens is 384 g/mol. The summed E-state index contributed by atoms with van der Waals surface area (Å²) >= 11 is 6.96. The van der Waals surface area contributed by atoms with Crippen molar-refractivity contribution in [2.75, 3.05) is 19.2 Å². The summed E-state index contributed by atoms with van der Waals surface area (Å²) in [6, 6.07) is 5.75. The van der Waals surface area contributed by atoms with Crippen LogP contribution in [-0.4, -0.2) is 25.0 Å². The topological polar surface area (TPSA) is 68.8 Å². The van der Waals surface area contributed by atoms with Crippen LogP contribution in [0.25, 0.3) is 0 Å². The third-order valence-corrected chi connectivity index (χ3v) is 5.71. The molecule has 0 fully saturated rings. The van der Waals surface area contributed by atoms with E-state index in [4.69, 9.17) is 26.4 Å². The number of hydrogen-bond donors (Lipinski definition) is 2. The molecule has 2 N–H and O–H groups in total. The second-order valence-electron chi connectivity index (χ2n) is 6.12. The zero-order valence-electron chi connectivity index (χ0n) is 15.7. The lowest BCUT2D eigenvalue weighted by Gasteiger charge is -2.17. The molecule has 1 unspecified atom stereocenters. The minimum atomic E-state index is -0.356. The van der Waals surface area contributed by atoms with Gasteiger partial charge in [0.1, 0.15) is 5.00 Å². The van der Waals surface area contributed by atoms with Crippen LogP contribution in [0.15, 0.2) is 18.2 Å². The fourth-order valence-electron chi connectivity index (χ4n) is 3.01. The van der Waals surface area contributed by atoms with E-state index in [2.05, 4.69) is 10.6 Å². The fourth-order valence-corrected chi connectivity index (χ4v) is 4.49. The summed E-state index contributed by atoms with van der Waals surface area (Å²) in [6.45, 7) is 6.26. The van der Waals surface area contributed by atoms with Gasteiger partial charge in [-0.25, -0.2) is 4.79 Å². The molecule has 0 amide bonds. The van der Waals surface area contributed by atoms with Gasteiger partial charge >= 0.3 is 5.97 Å². The zero-order valence-corrected chi connectivity index (χ0v) is 17.3. The summed E-state index contributed by atoms with van der Waals surface area (Å²) in [5.41, 5.74) is 2.57. The molecule has 1 aromatic carbocycles. The van der Waals surface area contributed by atoms with E-state index in [1.807, 2.05) is 39.0 Å². The van der Waals surface area contributed by atoms with Crippen LogP contribution >= 0.6 is 23.6 Å². The summed E-state index contributed by atoms with van der Waals surface area (Å²) < 4.78 is 15.7. The summed E-state index contributed by atoms with van der Waals surface area (Å²) in [5, 5.41) is 7.54. The van der Waals surface area contributed by atoms with Crippen LogP contribution in [0.4, 0.5) is 5.00 Å². The van der Waals surface area contributed by atoms with Gasteiger partial charge in [-0.1, -0.05) is 13.0 Å². The van der Waals surface area contributed by atoms with E-state index >= 15 is 0 Å². The maximum atomic E-state index is 12.2. The summed E-state index contributed by atoms with van der Waals surface area (Å²) in [4.78, 5) is 13.3. The molecule has 0 bridgehead atoms. The number of aryl methyl sites for hydroxylation is 1. The molecule has 0 radical (unpaired) electrons. The van der Waals surface area contributed by atoms with E-state index in [0.29, 0.717) is 15.7 Å². The van der Waals surface area contributed by atoms with Crippen LogP contribution in [0.3, 0.4) is 0 Å². The quantitative estimate of drug-likeness (QED) is 0.570. The van der Waals surface area contributed by atoms with Gasteiger partial charge in [0.2, 0.25) is 6.79 Å². The SMILES string of the molecule is CCc1c(C)sc(NC(=S)NC(C)c2ccc3c(c2)OCO3)c1C(=O)OC. The van der Waals surface area contributed by atoms with Crippen LogP contribution in [0.2, 0.25) is 0 Å². The zero-order chi connectivity index (χ0) is 19.6. The molecule has 144 valence electrons. The molecule has 0 spiro atoms. The van der Waals surface area contributed by atoms with Gasteiger partial charge in [0.25, 0.3) is 0 Å². The molecular formula is C19H22N2O4S2. The average molecular weight is 407 g/mol. The molecule has 27 heavy (non-hydrogen) atoms. The maximum absolute atomic E-state index is 12.2. The number of benzene rings is 1. The Bertz CT molecular complexity index is 879. The molecule has 6 nitrogen and oxygen atoms in total. The Morgan fingerprint density at radius 1 is 1.37 bits per heavy atom. The second kappa shape index (κ2) is 8.14. The van der Waals surface area contributed by atoms with Gasteiger partial charge in [0.15, 0.2) is 16.6 Å². The van der Waals surface area contributed by atoms with Gasteiger partial charge in [-0.3, -0.25) is 0 Å². The van der Waals surface area contributed by atoms with Gasteiger partial charge in [0, 0.05) is 4.88 Å². The Morgan fingerprint density at radius 3 is 2.81 bits per heavy atom. The molecule has 1 aliphatic heterocycles. The summed E-state index contributed by atoms with van der Waals surface area (Å²) in [7, 11) is 1.39. The third kappa shape index (κ3) is 4.01. The normalized spacial score (nSPS) is 13.2. The van der Waals surface area contributed by atoms with Crippen molar-refractivity contribution in [1.82, 2.24) is 5.32 Å². The predicted octanol–water partition coefficient (Wildman–Crippen LogP) is 4.18. The van der Waals surface area contributed by atoms with Gasteiger partial charge in [-0.15, -0.1) is 11.3 Å². The van der Waals surface area contributed by atoms with Crippen molar-refractivity contribution in [1.29, 1.82) is 0 Å². The first kappa shape index (κ1) is 19.4. The number of methoxy groups -OCH3 is 1. The van der Waals surface area contributed by atoms with Crippen molar-refractivity contribution >= 4 is 39.6 Å². The first-order valence-corrected chi connectivity index (χ1v) is 9.84. The molecule has 0 saturated carbocycles. The number of rotatable bonds is 5. The summed E-state index contributed by atoms with van der Waals surface area (Å²) in [5.74, 6) is 1.12. The molecule has 8 heteroatoms. The smallest absolute Gasteiger partial charge is 0.341 e. The first-order chi connectivity index (χ1) is 12.9. The molecule has 2 aromatic rings. The van der Waals surface area contributed by atoms with Crippen LogP contribution in [-0.2, 0) is 11.2 Å². The molecule has 0 saturated heterocycles. The Morgan fingerprint density at radius 2 is 2.11 bits per heavy atom. The number of carbonyl (C=O) groups excluding carboxylic acids is 1. The highest BCUT2D eigenvalue weighted by Crippen LogP contribution is 2.35. The number of hydrogen-bond acceptors (Lipinski definition) is 6. The van der Waals surface area contributed by atoms with E-state index in [0.717, 1.165) is 33.9 Å². The number of ether oxygens (including phenoxy) is 3. The highest BCUT2D eigenvalue weighted by molar-refractivity contribution is 7.80. The van der Waals surface area contributed by atoms with E-state index in [1.165, 1.54) is 18.4 Å². The molecule has 2 heterocycles. The van der Waals surface area contributed by atoms with E-state index in [-0.39, 0.29) is 18.8 Å². The minimum Gasteiger partial charge on any atom is -0.465 e. The van der Waals surface area contributed by atoms with Crippen molar-refractivity contribution in [3.8, 4) is 11.5 Å². The third-order valence-electron chi connectivity index (χ3n) is 4.42. The molecule has 0 aliphatic carbocycles. The summed E-state index contributed by atoms with van der Waals surface area (Å²) in [6.07, 6.45) is 0.752.